The lowest BCUT2D eigenvalue weighted by atomic mass is 9.84. The standard InChI is InChI=1S/C19H28N4O.2ClH/c1-13-6-5-9-15-19(13)23-17(21-15)10-11-18(24)22-16(12-20)14-7-3-2-4-8-14;;/h5-6,9,14,16H,2-4,7-8,10-12,20H2,1H3,(H,21,23)(H,22,24);2*1H. The van der Waals surface area contributed by atoms with Crippen LogP contribution < -0.4 is 11.1 Å². The van der Waals surface area contributed by atoms with E-state index in [1.165, 1.54) is 32.1 Å². The third kappa shape index (κ3) is 5.60. The molecule has 0 bridgehead atoms. The molecular weight excluding hydrogens is 371 g/mol. The number of fused-ring (bicyclic) bond motifs is 1. The molecule has 0 saturated heterocycles. The normalized spacial score (nSPS) is 15.8. The average molecular weight is 401 g/mol. The van der Waals surface area contributed by atoms with Crippen molar-refractivity contribution in [3.63, 3.8) is 0 Å². The molecule has 1 atom stereocenters. The number of amides is 1. The number of hydrogen-bond donors (Lipinski definition) is 3. The lowest BCUT2D eigenvalue weighted by molar-refractivity contribution is -0.122. The van der Waals surface area contributed by atoms with E-state index in [0.29, 0.717) is 25.3 Å². The summed E-state index contributed by atoms with van der Waals surface area (Å²) in [7, 11) is 0. The highest BCUT2D eigenvalue weighted by Crippen LogP contribution is 2.26. The Morgan fingerprint density at radius 1 is 1.31 bits per heavy atom. The first-order valence-corrected chi connectivity index (χ1v) is 9.11. The lowest BCUT2D eigenvalue weighted by Crippen LogP contribution is -2.46. The maximum atomic E-state index is 12.3. The fourth-order valence-electron chi connectivity index (χ4n) is 3.76. The molecule has 1 aromatic heterocycles. The first-order chi connectivity index (χ1) is 11.7. The molecule has 3 rings (SSSR count). The van der Waals surface area contributed by atoms with Crippen molar-refractivity contribution >= 4 is 41.8 Å². The smallest absolute Gasteiger partial charge is 0.220 e. The molecule has 146 valence electrons. The van der Waals surface area contributed by atoms with Gasteiger partial charge in [-0.05, 0) is 37.3 Å². The van der Waals surface area contributed by atoms with Crippen LogP contribution in [0, 0.1) is 12.8 Å². The van der Waals surface area contributed by atoms with E-state index in [1.807, 2.05) is 12.1 Å². The van der Waals surface area contributed by atoms with Gasteiger partial charge in [-0.25, -0.2) is 4.98 Å². The summed E-state index contributed by atoms with van der Waals surface area (Å²) >= 11 is 0. The number of imidazole rings is 1. The van der Waals surface area contributed by atoms with Crippen LogP contribution in [0.1, 0.15) is 49.9 Å². The number of H-pyrrole nitrogens is 1. The van der Waals surface area contributed by atoms with E-state index < -0.39 is 0 Å². The first kappa shape index (κ1) is 22.7. The van der Waals surface area contributed by atoms with Gasteiger partial charge < -0.3 is 16.0 Å². The highest BCUT2D eigenvalue weighted by atomic mass is 35.5. The van der Waals surface area contributed by atoms with Crippen LogP contribution in [0.4, 0.5) is 0 Å². The number of carbonyl (C=O) groups is 1. The zero-order chi connectivity index (χ0) is 16.9. The van der Waals surface area contributed by atoms with Crippen molar-refractivity contribution in [2.75, 3.05) is 6.54 Å². The van der Waals surface area contributed by atoms with E-state index in [-0.39, 0.29) is 36.8 Å². The summed E-state index contributed by atoms with van der Waals surface area (Å²) < 4.78 is 0. The summed E-state index contributed by atoms with van der Waals surface area (Å²) in [6.07, 6.45) is 7.28. The van der Waals surface area contributed by atoms with Crippen molar-refractivity contribution in [2.24, 2.45) is 11.7 Å². The largest absolute Gasteiger partial charge is 0.352 e. The molecule has 2 aromatic rings. The van der Waals surface area contributed by atoms with Gasteiger partial charge in [0.2, 0.25) is 5.91 Å². The quantitative estimate of drug-likeness (QED) is 0.691. The highest BCUT2D eigenvalue weighted by molar-refractivity contribution is 5.85. The van der Waals surface area contributed by atoms with Crippen LogP contribution >= 0.6 is 24.8 Å². The third-order valence-corrected chi connectivity index (χ3v) is 5.17. The molecule has 1 unspecified atom stereocenters. The number of carbonyl (C=O) groups excluding carboxylic acids is 1. The molecule has 1 saturated carbocycles. The number of aryl methyl sites for hydroxylation is 2. The fraction of sp³-hybridized carbons (Fsp3) is 0.579. The van der Waals surface area contributed by atoms with Gasteiger partial charge in [-0.1, -0.05) is 31.4 Å². The van der Waals surface area contributed by atoms with Gasteiger partial charge >= 0.3 is 0 Å². The number of nitrogens with two attached hydrogens (primary N) is 1. The fourth-order valence-corrected chi connectivity index (χ4v) is 3.76. The molecule has 1 aliphatic carbocycles. The van der Waals surface area contributed by atoms with Crippen LogP contribution in [-0.2, 0) is 11.2 Å². The summed E-state index contributed by atoms with van der Waals surface area (Å²) in [6.45, 7) is 2.58. The number of nitrogens with zero attached hydrogens (tertiary/aromatic N) is 1. The molecule has 26 heavy (non-hydrogen) atoms. The average Bonchev–Trinajstić information content (AvgIpc) is 3.03. The van der Waals surface area contributed by atoms with Gasteiger partial charge in [0.25, 0.3) is 0 Å². The minimum Gasteiger partial charge on any atom is -0.352 e. The van der Waals surface area contributed by atoms with E-state index in [0.717, 1.165) is 22.4 Å². The lowest BCUT2D eigenvalue weighted by Gasteiger charge is -2.30. The number of nitrogens with one attached hydrogen (secondary N) is 2. The van der Waals surface area contributed by atoms with Crippen LogP contribution in [0.5, 0.6) is 0 Å². The Kier molecular flexibility index (Phi) is 9.41. The Morgan fingerprint density at radius 2 is 2.04 bits per heavy atom. The van der Waals surface area contributed by atoms with Gasteiger partial charge in [0, 0.05) is 25.4 Å². The number of hydrogen-bond acceptors (Lipinski definition) is 3. The number of aromatic amines is 1. The number of rotatable bonds is 6. The van der Waals surface area contributed by atoms with E-state index in [1.54, 1.807) is 0 Å². The van der Waals surface area contributed by atoms with Crippen LogP contribution in [0.3, 0.4) is 0 Å². The number of aromatic nitrogens is 2. The Labute approximate surface area is 167 Å². The molecule has 1 aromatic carbocycles. The molecule has 1 amide bonds. The zero-order valence-electron chi connectivity index (χ0n) is 15.3. The summed E-state index contributed by atoms with van der Waals surface area (Å²) in [5.74, 6) is 1.49. The highest BCUT2D eigenvalue weighted by Gasteiger charge is 2.23. The maximum Gasteiger partial charge on any atom is 0.220 e. The van der Waals surface area contributed by atoms with Crippen LogP contribution in [-0.4, -0.2) is 28.5 Å². The molecular formula is C19H30Cl2N4O. The van der Waals surface area contributed by atoms with E-state index in [9.17, 15) is 4.79 Å². The van der Waals surface area contributed by atoms with E-state index in [4.69, 9.17) is 5.73 Å². The molecule has 0 radical (unpaired) electrons. The predicted octanol–water partition coefficient (Wildman–Crippen LogP) is 3.67. The van der Waals surface area contributed by atoms with Crippen LogP contribution in [0.25, 0.3) is 11.0 Å². The molecule has 5 nitrogen and oxygen atoms in total. The monoisotopic (exact) mass is 400 g/mol. The molecule has 1 fully saturated rings. The van der Waals surface area contributed by atoms with Crippen LogP contribution in [0.2, 0.25) is 0 Å². The van der Waals surface area contributed by atoms with Gasteiger partial charge in [-0.3, -0.25) is 4.79 Å². The summed E-state index contributed by atoms with van der Waals surface area (Å²) in [5.41, 5.74) is 9.08. The molecule has 0 aliphatic heterocycles. The van der Waals surface area contributed by atoms with Crippen molar-refractivity contribution in [3.8, 4) is 0 Å². The van der Waals surface area contributed by atoms with Gasteiger partial charge in [-0.15, -0.1) is 24.8 Å². The molecule has 1 aliphatic rings. The van der Waals surface area contributed by atoms with Crippen molar-refractivity contribution in [2.45, 2.75) is 57.9 Å². The summed E-state index contributed by atoms with van der Waals surface area (Å²) in [5, 5.41) is 3.15. The number of benzene rings is 1. The van der Waals surface area contributed by atoms with Crippen molar-refractivity contribution in [3.05, 3.63) is 29.6 Å². The molecule has 4 N–H and O–H groups in total. The Balaban J connectivity index is 0.00000169. The van der Waals surface area contributed by atoms with Gasteiger partial charge in [0.1, 0.15) is 5.82 Å². The summed E-state index contributed by atoms with van der Waals surface area (Å²) in [4.78, 5) is 20.2. The SMILES string of the molecule is Cc1cccc2[nH]c(CCC(=O)NC(CN)C3CCCCC3)nc12.Cl.Cl. The van der Waals surface area contributed by atoms with Crippen molar-refractivity contribution in [1.82, 2.24) is 15.3 Å². The topological polar surface area (TPSA) is 83.8 Å². The second-order valence-electron chi connectivity index (χ2n) is 6.96. The van der Waals surface area contributed by atoms with Crippen molar-refractivity contribution in [1.29, 1.82) is 0 Å². The number of para-hydroxylation sites is 1. The zero-order valence-corrected chi connectivity index (χ0v) is 16.9. The van der Waals surface area contributed by atoms with Gasteiger partial charge in [0.15, 0.2) is 0 Å². The summed E-state index contributed by atoms with van der Waals surface area (Å²) in [6, 6.07) is 6.21. The first-order valence-electron chi connectivity index (χ1n) is 9.11. The minimum atomic E-state index is 0. The number of halogens is 2. The Hall–Kier alpha value is -1.30. The molecule has 7 heteroatoms. The molecule has 1 heterocycles. The van der Waals surface area contributed by atoms with Crippen molar-refractivity contribution < 1.29 is 4.79 Å². The van der Waals surface area contributed by atoms with Crippen LogP contribution in [0.15, 0.2) is 18.2 Å². The van der Waals surface area contributed by atoms with Gasteiger partial charge in [-0.2, -0.15) is 0 Å². The Morgan fingerprint density at radius 3 is 2.69 bits per heavy atom. The minimum absolute atomic E-state index is 0. The second-order valence-corrected chi connectivity index (χ2v) is 6.96. The van der Waals surface area contributed by atoms with Gasteiger partial charge in [0.05, 0.1) is 11.0 Å². The van der Waals surface area contributed by atoms with E-state index in [2.05, 4.69) is 28.3 Å². The maximum absolute atomic E-state index is 12.3. The van der Waals surface area contributed by atoms with E-state index >= 15 is 0 Å². The predicted molar refractivity (Wildman–Crippen MR) is 111 cm³/mol. The second kappa shape index (κ2) is 10.8. The molecule has 0 spiro atoms. The third-order valence-electron chi connectivity index (χ3n) is 5.17. The Bertz CT molecular complexity index is 698.